The summed E-state index contributed by atoms with van der Waals surface area (Å²) in [4.78, 5) is 61.0. The summed E-state index contributed by atoms with van der Waals surface area (Å²) in [6.07, 6.45) is -6.48. The summed E-state index contributed by atoms with van der Waals surface area (Å²) < 4.78 is 39.1. The summed E-state index contributed by atoms with van der Waals surface area (Å²) in [5.74, 6) is -3.04. The highest BCUT2D eigenvalue weighted by atomic mass is 16.7. The maximum Gasteiger partial charge on any atom is 0.303 e. The molecule has 0 bridgehead atoms. The first kappa shape index (κ1) is 32.7. The number of hydrogen-bond donors (Lipinski definition) is 2. The summed E-state index contributed by atoms with van der Waals surface area (Å²) in [5, 5.41) is 2.76. The Balaban J connectivity index is 2.13. The molecule has 1 aliphatic rings. The van der Waals surface area contributed by atoms with Gasteiger partial charge in [-0.1, -0.05) is 0 Å². The van der Waals surface area contributed by atoms with Crippen LogP contribution in [0, 0.1) is 0 Å². The van der Waals surface area contributed by atoms with Gasteiger partial charge in [0.05, 0.1) is 19.9 Å². The Morgan fingerprint density at radius 2 is 1.33 bits per heavy atom. The summed E-state index contributed by atoms with van der Waals surface area (Å²) in [6, 6.07) is 9.23. The molecule has 0 aromatic heterocycles. The normalized spacial score (nSPS) is 21.1. The molecule has 1 fully saturated rings. The fraction of sp³-hybridized carbons (Fsp3) is 0.414. The van der Waals surface area contributed by atoms with E-state index in [4.69, 9.17) is 38.9 Å². The molecule has 14 nitrogen and oxygen atoms in total. The largest absolute Gasteiger partial charge is 0.496 e. The number of nitrogens with one attached hydrogen (secondary N) is 1. The lowest BCUT2D eigenvalue weighted by Crippen LogP contribution is -2.59. The molecule has 0 radical (unpaired) electrons. The summed E-state index contributed by atoms with van der Waals surface area (Å²) in [6.45, 7) is 4.18. The van der Waals surface area contributed by atoms with E-state index in [0.717, 1.165) is 20.8 Å². The van der Waals surface area contributed by atoms with E-state index < -0.39 is 66.9 Å². The highest BCUT2D eigenvalue weighted by molar-refractivity contribution is 6.05. The van der Waals surface area contributed by atoms with Crippen molar-refractivity contribution in [3.63, 3.8) is 0 Å². The van der Waals surface area contributed by atoms with Crippen molar-refractivity contribution < 1.29 is 57.1 Å². The number of amides is 1. The van der Waals surface area contributed by atoms with Crippen molar-refractivity contribution >= 4 is 41.2 Å². The number of carbonyl (C=O) groups is 5. The van der Waals surface area contributed by atoms with Gasteiger partial charge in [-0.25, -0.2) is 0 Å². The number of hydrogen-bond acceptors (Lipinski definition) is 13. The van der Waals surface area contributed by atoms with Crippen molar-refractivity contribution in [2.45, 2.75) is 58.2 Å². The van der Waals surface area contributed by atoms with E-state index in [1.165, 1.54) is 33.3 Å². The van der Waals surface area contributed by atoms with Crippen LogP contribution in [0.3, 0.4) is 0 Å². The van der Waals surface area contributed by atoms with Crippen molar-refractivity contribution in [1.29, 1.82) is 0 Å². The SMILES string of the molecule is COc1cc([C@@H]2OC(COC(C)=O)[C@@H](OC(C)=O)C(OC(C)=O)C2OC(C)=O)c(OC)cc1NC(=O)c1ccc(N)cc1. The van der Waals surface area contributed by atoms with Crippen LogP contribution in [0.5, 0.6) is 11.5 Å². The third-order valence-electron chi connectivity index (χ3n) is 6.27. The maximum atomic E-state index is 12.9. The Morgan fingerprint density at radius 1 is 0.767 bits per heavy atom. The first-order valence-electron chi connectivity index (χ1n) is 13.1. The topological polar surface area (TPSA) is 188 Å². The van der Waals surface area contributed by atoms with Crippen molar-refractivity contribution in [3.05, 3.63) is 47.5 Å². The minimum absolute atomic E-state index is 0.161. The first-order valence-corrected chi connectivity index (χ1v) is 13.1. The molecule has 5 atom stereocenters. The van der Waals surface area contributed by atoms with Crippen LogP contribution < -0.4 is 20.5 Å². The van der Waals surface area contributed by atoms with E-state index >= 15 is 0 Å². The van der Waals surface area contributed by atoms with Crippen LogP contribution in [0.25, 0.3) is 0 Å². The molecule has 0 spiro atoms. The van der Waals surface area contributed by atoms with E-state index in [0.29, 0.717) is 11.3 Å². The minimum Gasteiger partial charge on any atom is -0.496 e. The summed E-state index contributed by atoms with van der Waals surface area (Å²) in [5.41, 5.74) is 7.02. The molecular formula is C29H34N2O12. The molecule has 2 aromatic carbocycles. The lowest BCUT2D eigenvalue weighted by atomic mass is 9.89. The van der Waals surface area contributed by atoms with Gasteiger partial charge in [0, 0.05) is 50.6 Å². The zero-order chi connectivity index (χ0) is 31.8. The predicted molar refractivity (Wildman–Crippen MR) is 149 cm³/mol. The first-order chi connectivity index (χ1) is 20.3. The third-order valence-corrected chi connectivity index (χ3v) is 6.27. The molecule has 1 amide bonds. The standard InChI is InChI=1S/C29H34N2O12/c1-14(32)39-13-24-26(40-15(2)33)28(42-17(4)35)27(41-16(3)34)25(43-24)20-11-23(38-6)21(12-22(20)37-5)31-29(36)18-7-9-19(30)10-8-18/h7-12,24-28H,13,30H2,1-6H3,(H,31,36)/t24?,25-,26+,27?,28?/m0/s1. The van der Waals surface area contributed by atoms with Gasteiger partial charge in [-0.2, -0.15) is 0 Å². The maximum absolute atomic E-state index is 12.9. The van der Waals surface area contributed by atoms with Crippen LogP contribution in [0.2, 0.25) is 0 Å². The van der Waals surface area contributed by atoms with Crippen molar-refractivity contribution in [2.24, 2.45) is 0 Å². The molecule has 3 N–H and O–H groups in total. The van der Waals surface area contributed by atoms with E-state index in [2.05, 4.69) is 5.32 Å². The fourth-order valence-electron chi connectivity index (χ4n) is 4.55. The second-order valence-electron chi connectivity index (χ2n) is 9.49. The fourth-order valence-corrected chi connectivity index (χ4v) is 4.55. The number of carbonyl (C=O) groups excluding carboxylic acids is 5. The van der Waals surface area contributed by atoms with Crippen molar-refractivity contribution in [3.8, 4) is 11.5 Å². The molecule has 1 heterocycles. The number of esters is 4. The van der Waals surface area contributed by atoms with Crippen LogP contribution in [-0.4, -0.2) is 75.0 Å². The number of rotatable bonds is 10. The number of ether oxygens (including phenoxy) is 7. The monoisotopic (exact) mass is 602 g/mol. The van der Waals surface area contributed by atoms with Crippen LogP contribution in [0.1, 0.15) is 49.7 Å². The molecular weight excluding hydrogens is 568 g/mol. The van der Waals surface area contributed by atoms with Gasteiger partial charge < -0.3 is 44.2 Å². The minimum atomic E-state index is -1.38. The van der Waals surface area contributed by atoms with E-state index in [-0.39, 0.29) is 22.7 Å². The van der Waals surface area contributed by atoms with Gasteiger partial charge in [-0.05, 0) is 30.3 Å². The average molecular weight is 603 g/mol. The Bertz CT molecular complexity index is 1360. The quantitative estimate of drug-likeness (QED) is 0.229. The number of anilines is 2. The summed E-state index contributed by atoms with van der Waals surface area (Å²) >= 11 is 0. The lowest BCUT2D eigenvalue weighted by molar-refractivity contribution is -0.254. The van der Waals surface area contributed by atoms with E-state index in [1.54, 1.807) is 24.3 Å². The predicted octanol–water partition coefficient (Wildman–Crippen LogP) is 2.34. The highest BCUT2D eigenvalue weighted by Gasteiger charge is 2.53. The van der Waals surface area contributed by atoms with Gasteiger partial charge in [0.15, 0.2) is 18.3 Å². The van der Waals surface area contributed by atoms with Gasteiger partial charge in [-0.15, -0.1) is 0 Å². The molecule has 1 saturated heterocycles. The molecule has 14 heteroatoms. The second-order valence-corrected chi connectivity index (χ2v) is 9.49. The van der Waals surface area contributed by atoms with Crippen LogP contribution in [-0.2, 0) is 42.9 Å². The van der Waals surface area contributed by atoms with E-state index in [9.17, 15) is 24.0 Å². The van der Waals surface area contributed by atoms with E-state index in [1.807, 2.05) is 0 Å². The number of nitrogens with two attached hydrogens (primary N) is 1. The molecule has 3 rings (SSSR count). The number of nitrogen functional groups attached to an aromatic ring is 1. The molecule has 0 aliphatic carbocycles. The molecule has 232 valence electrons. The zero-order valence-corrected chi connectivity index (χ0v) is 24.5. The van der Waals surface area contributed by atoms with Gasteiger partial charge in [0.2, 0.25) is 0 Å². The Kier molecular flexibility index (Phi) is 10.9. The van der Waals surface area contributed by atoms with Crippen molar-refractivity contribution in [1.82, 2.24) is 0 Å². The van der Waals surface area contributed by atoms with Gasteiger partial charge in [0.1, 0.15) is 30.3 Å². The molecule has 2 aromatic rings. The lowest BCUT2D eigenvalue weighted by Gasteiger charge is -2.44. The highest BCUT2D eigenvalue weighted by Crippen LogP contribution is 2.44. The van der Waals surface area contributed by atoms with Crippen molar-refractivity contribution in [2.75, 3.05) is 31.9 Å². The Hall–Kier alpha value is -4.85. The van der Waals surface area contributed by atoms with Crippen LogP contribution in [0.15, 0.2) is 36.4 Å². The van der Waals surface area contributed by atoms with Gasteiger partial charge in [0.25, 0.3) is 5.91 Å². The average Bonchev–Trinajstić information content (AvgIpc) is 2.93. The third kappa shape index (κ3) is 8.35. The second kappa shape index (κ2) is 14.4. The van der Waals surface area contributed by atoms with Crippen LogP contribution in [0.4, 0.5) is 11.4 Å². The Morgan fingerprint density at radius 3 is 1.86 bits per heavy atom. The number of methoxy groups -OCH3 is 2. The zero-order valence-electron chi connectivity index (χ0n) is 24.5. The molecule has 3 unspecified atom stereocenters. The number of benzene rings is 2. The van der Waals surface area contributed by atoms with Crippen LogP contribution >= 0.6 is 0 Å². The summed E-state index contributed by atoms with van der Waals surface area (Å²) in [7, 11) is 2.74. The smallest absolute Gasteiger partial charge is 0.303 e. The Labute approximate surface area is 247 Å². The van der Waals surface area contributed by atoms with Gasteiger partial charge >= 0.3 is 23.9 Å². The molecule has 1 aliphatic heterocycles. The molecule has 0 saturated carbocycles. The van der Waals surface area contributed by atoms with Gasteiger partial charge in [-0.3, -0.25) is 24.0 Å². The molecule has 43 heavy (non-hydrogen) atoms.